The molecule has 0 heterocycles. The lowest BCUT2D eigenvalue weighted by atomic mass is 10.2. The van der Waals surface area contributed by atoms with Crippen LogP contribution in [0.15, 0.2) is 18.2 Å². The summed E-state index contributed by atoms with van der Waals surface area (Å²) in [5.41, 5.74) is 1.54. The van der Waals surface area contributed by atoms with Gasteiger partial charge in [0, 0.05) is 11.7 Å². The van der Waals surface area contributed by atoms with Gasteiger partial charge in [0.25, 0.3) is 0 Å². The Bertz CT molecular complexity index is 364. The standard InChI is InChI=1S/C10H9ClN2/c11-10-5-9(13-8-3-4-8)2-1-7(10)6-12/h1-2,5,8,13H,3-4H2. The zero-order valence-electron chi connectivity index (χ0n) is 7.05. The Morgan fingerprint density at radius 1 is 1.46 bits per heavy atom. The van der Waals surface area contributed by atoms with Gasteiger partial charge in [-0.05, 0) is 31.0 Å². The first-order chi connectivity index (χ1) is 6.29. The van der Waals surface area contributed by atoms with E-state index in [1.54, 1.807) is 12.1 Å². The van der Waals surface area contributed by atoms with Gasteiger partial charge in [0.05, 0.1) is 10.6 Å². The molecule has 0 bridgehead atoms. The van der Waals surface area contributed by atoms with Crippen LogP contribution in [0.4, 0.5) is 5.69 Å². The molecule has 0 spiro atoms. The molecule has 13 heavy (non-hydrogen) atoms. The van der Waals surface area contributed by atoms with E-state index in [9.17, 15) is 0 Å². The molecule has 0 unspecified atom stereocenters. The van der Waals surface area contributed by atoms with Gasteiger partial charge in [-0.3, -0.25) is 0 Å². The van der Waals surface area contributed by atoms with Gasteiger partial charge >= 0.3 is 0 Å². The van der Waals surface area contributed by atoms with Crippen molar-refractivity contribution in [1.29, 1.82) is 5.26 Å². The quantitative estimate of drug-likeness (QED) is 0.782. The van der Waals surface area contributed by atoms with Crippen molar-refractivity contribution in [2.24, 2.45) is 0 Å². The van der Waals surface area contributed by atoms with E-state index in [0.29, 0.717) is 16.6 Å². The molecule has 1 N–H and O–H groups in total. The van der Waals surface area contributed by atoms with Crippen LogP contribution in [0.2, 0.25) is 5.02 Å². The van der Waals surface area contributed by atoms with Gasteiger partial charge in [-0.15, -0.1) is 0 Å². The SMILES string of the molecule is N#Cc1ccc(NC2CC2)cc1Cl. The van der Waals surface area contributed by atoms with Crippen LogP contribution >= 0.6 is 11.6 Å². The summed E-state index contributed by atoms with van der Waals surface area (Å²) in [6, 6.07) is 8.09. The second kappa shape index (κ2) is 3.27. The molecule has 66 valence electrons. The molecule has 1 aliphatic carbocycles. The van der Waals surface area contributed by atoms with Crippen molar-refractivity contribution in [3.63, 3.8) is 0 Å². The molecule has 1 fully saturated rings. The molecule has 1 aromatic rings. The van der Waals surface area contributed by atoms with E-state index in [2.05, 4.69) is 5.32 Å². The van der Waals surface area contributed by atoms with E-state index in [4.69, 9.17) is 16.9 Å². The van der Waals surface area contributed by atoms with Crippen LogP contribution in [0.1, 0.15) is 18.4 Å². The normalized spacial score (nSPS) is 15.1. The fourth-order valence-corrected chi connectivity index (χ4v) is 1.38. The Hall–Kier alpha value is -1.20. The van der Waals surface area contributed by atoms with E-state index < -0.39 is 0 Å². The fourth-order valence-electron chi connectivity index (χ4n) is 1.16. The minimum absolute atomic E-state index is 0.521. The third kappa shape index (κ3) is 1.93. The van der Waals surface area contributed by atoms with Gasteiger partial charge in [-0.25, -0.2) is 0 Å². The summed E-state index contributed by atoms with van der Waals surface area (Å²) in [6.07, 6.45) is 2.47. The van der Waals surface area contributed by atoms with Gasteiger partial charge < -0.3 is 5.32 Å². The Balaban J connectivity index is 2.19. The van der Waals surface area contributed by atoms with E-state index in [1.807, 2.05) is 12.1 Å². The fraction of sp³-hybridized carbons (Fsp3) is 0.300. The minimum Gasteiger partial charge on any atom is -0.382 e. The smallest absolute Gasteiger partial charge is 0.101 e. The second-order valence-corrected chi connectivity index (χ2v) is 3.63. The average Bonchev–Trinajstić information content (AvgIpc) is 2.89. The minimum atomic E-state index is 0.521. The molecule has 0 amide bonds. The number of anilines is 1. The summed E-state index contributed by atoms with van der Waals surface area (Å²) in [5, 5.41) is 12.5. The summed E-state index contributed by atoms with van der Waals surface area (Å²) in [6.45, 7) is 0. The lowest BCUT2D eigenvalue weighted by molar-refractivity contribution is 1.16. The van der Waals surface area contributed by atoms with E-state index >= 15 is 0 Å². The van der Waals surface area contributed by atoms with Crippen LogP contribution in [0.5, 0.6) is 0 Å². The zero-order chi connectivity index (χ0) is 9.26. The molecular weight excluding hydrogens is 184 g/mol. The molecule has 2 rings (SSSR count). The van der Waals surface area contributed by atoms with Gasteiger partial charge in [0.15, 0.2) is 0 Å². The number of rotatable bonds is 2. The maximum absolute atomic E-state index is 8.65. The van der Waals surface area contributed by atoms with E-state index in [0.717, 1.165) is 5.69 Å². The predicted molar refractivity (Wildman–Crippen MR) is 52.8 cm³/mol. The maximum Gasteiger partial charge on any atom is 0.101 e. The molecule has 0 aromatic heterocycles. The molecule has 2 nitrogen and oxygen atoms in total. The molecule has 0 radical (unpaired) electrons. The van der Waals surface area contributed by atoms with Crippen LogP contribution in [-0.2, 0) is 0 Å². The van der Waals surface area contributed by atoms with Crippen molar-refractivity contribution >= 4 is 17.3 Å². The molecule has 0 atom stereocenters. The third-order valence-electron chi connectivity index (χ3n) is 2.04. The number of nitrogens with zero attached hydrogens (tertiary/aromatic N) is 1. The van der Waals surface area contributed by atoms with Crippen molar-refractivity contribution in [1.82, 2.24) is 0 Å². The van der Waals surface area contributed by atoms with Crippen molar-refractivity contribution in [3.8, 4) is 6.07 Å². The molecule has 0 saturated heterocycles. The summed E-state index contributed by atoms with van der Waals surface area (Å²) >= 11 is 5.87. The van der Waals surface area contributed by atoms with Gasteiger partial charge in [0.1, 0.15) is 6.07 Å². The first kappa shape index (κ1) is 8.40. The van der Waals surface area contributed by atoms with Gasteiger partial charge in [0.2, 0.25) is 0 Å². The number of nitriles is 1. The largest absolute Gasteiger partial charge is 0.382 e. The summed E-state index contributed by atoms with van der Waals surface area (Å²) < 4.78 is 0. The summed E-state index contributed by atoms with van der Waals surface area (Å²) in [7, 11) is 0. The summed E-state index contributed by atoms with van der Waals surface area (Å²) in [5.74, 6) is 0. The lowest BCUT2D eigenvalue weighted by Crippen LogP contribution is -2.00. The number of hydrogen-bond acceptors (Lipinski definition) is 2. The molecule has 3 heteroatoms. The summed E-state index contributed by atoms with van der Waals surface area (Å²) in [4.78, 5) is 0. The Morgan fingerprint density at radius 3 is 2.77 bits per heavy atom. The predicted octanol–water partition coefficient (Wildman–Crippen LogP) is 2.79. The Labute approximate surface area is 82.1 Å². The third-order valence-corrected chi connectivity index (χ3v) is 2.35. The van der Waals surface area contributed by atoms with Crippen LogP contribution in [0.3, 0.4) is 0 Å². The Kier molecular flexibility index (Phi) is 2.12. The number of halogens is 1. The monoisotopic (exact) mass is 192 g/mol. The number of benzene rings is 1. The van der Waals surface area contributed by atoms with Crippen molar-refractivity contribution in [2.75, 3.05) is 5.32 Å². The average molecular weight is 193 g/mol. The molecule has 1 aromatic carbocycles. The lowest BCUT2D eigenvalue weighted by Gasteiger charge is -2.04. The first-order valence-electron chi connectivity index (χ1n) is 4.26. The van der Waals surface area contributed by atoms with Gasteiger partial charge in [-0.2, -0.15) is 5.26 Å². The van der Waals surface area contributed by atoms with Crippen LogP contribution in [0, 0.1) is 11.3 Å². The van der Waals surface area contributed by atoms with E-state index in [1.165, 1.54) is 12.8 Å². The first-order valence-corrected chi connectivity index (χ1v) is 4.63. The molecular formula is C10H9ClN2. The highest BCUT2D eigenvalue weighted by Crippen LogP contribution is 2.27. The highest BCUT2D eigenvalue weighted by molar-refractivity contribution is 6.32. The van der Waals surface area contributed by atoms with Crippen LogP contribution in [0.25, 0.3) is 0 Å². The Morgan fingerprint density at radius 2 is 2.23 bits per heavy atom. The van der Waals surface area contributed by atoms with Crippen LogP contribution < -0.4 is 5.32 Å². The highest BCUT2D eigenvalue weighted by Gasteiger charge is 2.20. The van der Waals surface area contributed by atoms with Crippen molar-refractivity contribution in [3.05, 3.63) is 28.8 Å². The maximum atomic E-state index is 8.65. The van der Waals surface area contributed by atoms with Gasteiger partial charge in [-0.1, -0.05) is 11.6 Å². The highest BCUT2D eigenvalue weighted by atomic mass is 35.5. The van der Waals surface area contributed by atoms with Crippen molar-refractivity contribution < 1.29 is 0 Å². The number of hydrogen-bond donors (Lipinski definition) is 1. The second-order valence-electron chi connectivity index (χ2n) is 3.23. The zero-order valence-corrected chi connectivity index (χ0v) is 7.80. The topological polar surface area (TPSA) is 35.8 Å². The molecule has 0 aliphatic heterocycles. The van der Waals surface area contributed by atoms with Crippen molar-refractivity contribution in [2.45, 2.75) is 18.9 Å². The molecule has 1 saturated carbocycles. The van der Waals surface area contributed by atoms with E-state index in [-0.39, 0.29) is 0 Å². The van der Waals surface area contributed by atoms with Crippen LogP contribution in [-0.4, -0.2) is 6.04 Å². The number of nitrogens with one attached hydrogen (secondary N) is 1. The molecule has 1 aliphatic rings.